The van der Waals surface area contributed by atoms with Gasteiger partial charge in [0.15, 0.2) is 0 Å². The number of nitriles is 1. The molecule has 0 aliphatic carbocycles. The second-order valence-corrected chi connectivity index (χ2v) is 11.5. The maximum atomic E-state index is 12.4. The fraction of sp³-hybridized carbons (Fsp3) is 0.622. The minimum absolute atomic E-state index is 0.0433. The molecule has 0 saturated carbocycles. The molecule has 0 fully saturated rings. The van der Waals surface area contributed by atoms with Crippen molar-refractivity contribution in [2.45, 2.75) is 136 Å². The predicted octanol–water partition coefficient (Wildman–Crippen LogP) is 10.8. The van der Waals surface area contributed by atoms with Crippen molar-refractivity contribution < 1.29 is 9.53 Å². The number of hydrogen-bond acceptors (Lipinski definition) is 4. The van der Waals surface area contributed by atoms with E-state index in [1.807, 2.05) is 18.2 Å². The van der Waals surface area contributed by atoms with Crippen LogP contribution in [0.1, 0.15) is 141 Å². The molecule has 1 heterocycles. The van der Waals surface area contributed by atoms with Crippen molar-refractivity contribution in [3.63, 3.8) is 0 Å². The van der Waals surface area contributed by atoms with Gasteiger partial charge in [0.2, 0.25) is 0 Å². The fourth-order valence-electron chi connectivity index (χ4n) is 5.40. The van der Waals surface area contributed by atoms with Crippen molar-refractivity contribution in [1.82, 2.24) is 0 Å². The van der Waals surface area contributed by atoms with E-state index in [1.54, 1.807) is 6.08 Å². The van der Waals surface area contributed by atoms with Crippen molar-refractivity contribution in [3.8, 4) is 6.07 Å². The lowest BCUT2D eigenvalue weighted by molar-refractivity contribution is -0.138. The summed E-state index contributed by atoms with van der Waals surface area (Å²) in [6, 6.07) is 10.4. The van der Waals surface area contributed by atoms with Crippen LogP contribution in [-0.2, 0) is 9.53 Å². The summed E-state index contributed by atoms with van der Waals surface area (Å²) in [6.07, 6.45) is 32.3. The summed E-state index contributed by atoms with van der Waals surface area (Å²) in [4.78, 5) is 14.7. The van der Waals surface area contributed by atoms with Crippen LogP contribution in [0.15, 0.2) is 54.3 Å². The largest absolute Gasteiger partial charge is 0.462 e. The standard InChI is InChI=1S/C37H56N2O2/c1-3-5-7-9-10-11-12-13-14-15-16-17-18-22-29-39-30-28-33(35-24-20-21-25-36(35)39)26-27-34(32-38)37(40)41-31-23-19-8-6-4-2/h20-21,24-28,30H,3-19,22-23,29,31H2,1-2H3. The zero-order valence-corrected chi connectivity index (χ0v) is 26.2. The number of carbonyl (C=O) groups excluding carboxylic acids is 1. The van der Waals surface area contributed by atoms with Gasteiger partial charge in [-0.1, -0.05) is 147 Å². The summed E-state index contributed by atoms with van der Waals surface area (Å²) in [5, 5.41) is 9.52. The molecular formula is C37H56N2O2. The van der Waals surface area contributed by atoms with Crippen molar-refractivity contribution in [3.05, 3.63) is 59.8 Å². The van der Waals surface area contributed by atoms with Gasteiger partial charge in [-0.3, -0.25) is 0 Å². The van der Waals surface area contributed by atoms with E-state index in [-0.39, 0.29) is 5.57 Å². The highest BCUT2D eigenvalue weighted by atomic mass is 16.5. The Morgan fingerprint density at radius 3 is 1.90 bits per heavy atom. The molecule has 0 N–H and O–H groups in total. The number of nitrogens with zero attached hydrogens (tertiary/aromatic N) is 2. The van der Waals surface area contributed by atoms with Gasteiger partial charge in [-0.05, 0) is 36.6 Å². The van der Waals surface area contributed by atoms with Crippen LogP contribution in [-0.4, -0.2) is 19.1 Å². The summed E-state index contributed by atoms with van der Waals surface area (Å²) in [5.74, 6) is -0.535. The molecule has 0 radical (unpaired) electrons. The van der Waals surface area contributed by atoms with E-state index in [1.165, 1.54) is 108 Å². The van der Waals surface area contributed by atoms with E-state index in [0.29, 0.717) is 6.61 Å². The number of rotatable bonds is 23. The monoisotopic (exact) mass is 560 g/mol. The number of esters is 1. The second-order valence-electron chi connectivity index (χ2n) is 11.5. The number of anilines is 1. The van der Waals surface area contributed by atoms with Crippen LogP contribution in [0.5, 0.6) is 0 Å². The Hall–Kier alpha value is -2.80. The molecule has 226 valence electrons. The Morgan fingerprint density at radius 2 is 1.32 bits per heavy atom. The lowest BCUT2D eigenvalue weighted by Gasteiger charge is -2.27. The summed E-state index contributed by atoms with van der Waals surface area (Å²) in [7, 11) is 0. The van der Waals surface area contributed by atoms with Gasteiger partial charge < -0.3 is 9.64 Å². The van der Waals surface area contributed by atoms with Crippen LogP contribution < -0.4 is 4.90 Å². The third-order valence-electron chi connectivity index (χ3n) is 7.96. The Morgan fingerprint density at radius 1 is 0.780 bits per heavy atom. The first-order valence-corrected chi connectivity index (χ1v) is 16.7. The van der Waals surface area contributed by atoms with Gasteiger partial charge in [0.05, 0.1) is 6.61 Å². The first kappa shape index (κ1) is 34.4. The summed E-state index contributed by atoms with van der Waals surface area (Å²) in [6.45, 7) is 5.83. The summed E-state index contributed by atoms with van der Waals surface area (Å²) >= 11 is 0. The average Bonchev–Trinajstić information content (AvgIpc) is 3.00. The highest BCUT2D eigenvalue weighted by molar-refractivity contribution is 5.94. The van der Waals surface area contributed by atoms with Gasteiger partial charge in [-0.2, -0.15) is 5.26 Å². The van der Waals surface area contributed by atoms with Gasteiger partial charge >= 0.3 is 5.97 Å². The smallest absolute Gasteiger partial charge is 0.348 e. The van der Waals surface area contributed by atoms with Crippen LogP contribution in [0.4, 0.5) is 5.69 Å². The van der Waals surface area contributed by atoms with Crippen LogP contribution in [0.2, 0.25) is 0 Å². The maximum absolute atomic E-state index is 12.4. The van der Waals surface area contributed by atoms with Crippen molar-refractivity contribution in [2.24, 2.45) is 0 Å². The number of ether oxygens (including phenoxy) is 1. The highest BCUT2D eigenvalue weighted by Gasteiger charge is 2.16. The summed E-state index contributed by atoms with van der Waals surface area (Å²) in [5.41, 5.74) is 3.34. The van der Waals surface area contributed by atoms with Crippen molar-refractivity contribution in [1.29, 1.82) is 5.26 Å². The molecule has 1 aromatic rings. The number of hydrogen-bond donors (Lipinski definition) is 0. The Kier molecular flexibility index (Phi) is 19.2. The van der Waals surface area contributed by atoms with Gasteiger partial charge in [-0.15, -0.1) is 0 Å². The third-order valence-corrected chi connectivity index (χ3v) is 7.96. The zero-order valence-electron chi connectivity index (χ0n) is 26.2. The number of fused-ring (bicyclic) bond motifs is 1. The molecule has 2 rings (SSSR count). The first-order valence-electron chi connectivity index (χ1n) is 16.7. The van der Waals surface area contributed by atoms with E-state index >= 15 is 0 Å². The summed E-state index contributed by atoms with van der Waals surface area (Å²) < 4.78 is 5.33. The van der Waals surface area contributed by atoms with E-state index in [4.69, 9.17) is 4.74 Å². The fourth-order valence-corrected chi connectivity index (χ4v) is 5.40. The van der Waals surface area contributed by atoms with Gasteiger partial charge in [0.25, 0.3) is 0 Å². The van der Waals surface area contributed by atoms with Gasteiger partial charge in [0, 0.05) is 24.0 Å². The van der Waals surface area contributed by atoms with E-state index in [9.17, 15) is 10.1 Å². The Labute approximate surface area is 251 Å². The molecule has 41 heavy (non-hydrogen) atoms. The molecule has 0 amide bonds. The quantitative estimate of drug-likeness (QED) is 0.0578. The highest BCUT2D eigenvalue weighted by Crippen LogP contribution is 2.33. The normalized spacial score (nSPS) is 13.8. The molecule has 0 spiro atoms. The van der Waals surface area contributed by atoms with Crippen molar-refractivity contribution >= 4 is 17.2 Å². The lowest BCUT2D eigenvalue weighted by atomic mass is 9.98. The average molecular weight is 561 g/mol. The van der Waals surface area contributed by atoms with E-state index in [0.717, 1.165) is 36.9 Å². The second kappa shape index (κ2) is 22.8. The van der Waals surface area contributed by atoms with Crippen LogP contribution in [0.3, 0.4) is 0 Å². The third kappa shape index (κ3) is 14.6. The lowest BCUT2D eigenvalue weighted by Crippen LogP contribution is -2.21. The minimum Gasteiger partial charge on any atom is -0.462 e. The predicted molar refractivity (Wildman–Crippen MR) is 175 cm³/mol. The van der Waals surface area contributed by atoms with Crippen LogP contribution in [0.25, 0.3) is 5.57 Å². The molecule has 4 nitrogen and oxygen atoms in total. The van der Waals surface area contributed by atoms with Crippen LogP contribution in [0, 0.1) is 11.3 Å². The molecule has 1 aliphatic rings. The Balaban J connectivity index is 1.72. The molecule has 0 atom stereocenters. The Bertz CT molecular complexity index is 985. The van der Waals surface area contributed by atoms with Crippen molar-refractivity contribution in [2.75, 3.05) is 18.1 Å². The number of allylic oxidation sites excluding steroid dienone is 4. The van der Waals surface area contributed by atoms with Crippen LogP contribution >= 0.6 is 0 Å². The van der Waals surface area contributed by atoms with Gasteiger partial charge in [0.1, 0.15) is 11.6 Å². The molecule has 1 aliphatic heterocycles. The topological polar surface area (TPSA) is 53.3 Å². The number of para-hydroxylation sites is 1. The molecular weight excluding hydrogens is 504 g/mol. The van der Waals surface area contributed by atoms with E-state index in [2.05, 4.69) is 49.2 Å². The molecule has 1 aromatic carbocycles. The molecule has 4 heteroatoms. The number of carbonyl (C=O) groups is 1. The minimum atomic E-state index is -0.535. The first-order chi connectivity index (χ1) is 20.2. The number of unbranched alkanes of at least 4 members (excludes halogenated alkanes) is 17. The van der Waals surface area contributed by atoms with E-state index < -0.39 is 5.97 Å². The SMILES string of the molecule is CCCCCCCCCCCCCCCCN1C=CC(=CC=C(C#N)C(=O)OCCCCCCC)c2ccccc21. The molecule has 0 aromatic heterocycles. The number of benzene rings is 1. The zero-order chi connectivity index (χ0) is 29.4. The molecule has 0 unspecified atom stereocenters. The molecule has 0 saturated heterocycles. The molecule has 0 bridgehead atoms. The maximum Gasteiger partial charge on any atom is 0.348 e. The van der Waals surface area contributed by atoms with Gasteiger partial charge in [-0.25, -0.2) is 4.79 Å².